The van der Waals surface area contributed by atoms with Crippen LogP contribution in [0.25, 0.3) is 0 Å². The van der Waals surface area contributed by atoms with Crippen LogP contribution in [-0.4, -0.2) is 98.9 Å². The van der Waals surface area contributed by atoms with Crippen molar-refractivity contribution in [3.63, 3.8) is 0 Å². The van der Waals surface area contributed by atoms with Crippen LogP contribution in [0.3, 0.4) is 0 Å². The zero-order chi connectivity index (χ0) is 34.3. The molecule has 0 aliphatic carbocycles. The largest absolute Gasteiger partial charge is 0.497 e. The maximum atomic E-state index is 13.6. The van der Waals surface area contributed by atoms with Crippen molar-refractivity contribution < 1.29 is 33.4 Å². The molecule has 12 heteroatoms. The van der Waals surface area contributed by atoms with E-state index in [1.54, 1.807) is 45.5 Å². The van der Waals surface area contributed by atoms with Crippen LogP contribution in [0, 0.1) is 5.92 Å². The Morgan fingerprint density at radius 3 is 2.38 bits per heavy atom. The second kappa shape index (κ2) is 18.5. The van der Waals surface area contributed by atoms with E-state index in [2.05, 4.69) is 16.0 Å². The van der Waals surface area contributed by atoms with Gasteiger partial charge in [-0.25, -0.2) is 0 Å². The summed E-state index contributed by atoms with van der Waals surface area (Å²) in [6.07, 6.45) is 1.87. The molecule has 3 N–H and O–H groups in total. The number of benzene rings is 2. The molecule has 1 aliphatic heterocycles. The molecule has 0 aromatic heterocycles. The fourth-order valence-corrected chi connectivity index (χ4v) is 5.28. The Morgan fingerprint density at radius 2 is 1.68 bits per heavy atom. The summed E-state index contributed by atoms with van der Waals surface area (Å²) < 4.78 is 11.3. The average Bonchev–Trinajstić information content (AvgIpc) is 3.04. The minimum Gasteiger partial charge on any atom is -0.497 e. The number of hydrogen-bond donors (Lipinski definition) is 3. The number of likely N-dealkylation sites (N-methyl/N-ethyl adjacent to an activating group) is 1. The van der Waals surface area contributed by atoms with Crippen molar-refractivity contribution in [3.8, 4) is 11.5 Å². The molecule has 5 amide bonds. The smallest absolute Gasteiger partial charge is 0.255 e. The molecule has 0 fully saturated rings. The number of hydrogen-bond acceptors (Lipinski definition) is 7. The number of nitrogens with one attached hydrogen (secondary N) is 3. The molecule has 256 valence electrons. The lowest BCUT2D eigenvalue weighted by Gasteiger charge is -2.25. The zero-order valence-corrected chi connectivity index (χ0v) is 28.2. The Hall–Kier alpha value is -4.61. The number of carbonyl (C=O) groups is 5. The first-order valence-corrected chi connectivity index (χ1v) is 16.2. The van der Waals surface area contributed by atoms with Crippen molar-refractivity contribution in [2.45, 2.75) is 64.5 Å². The standard InChI is InChI=1S/C35H49N5O7/c1-24(2)21-26-23-47-30-10-7-6-9-28(30)34(44)38-29(35(45)36-19-18-25-12-14-27(46-5)15-13-25)16-17-33(43)39(3)20-8-11-32(42)40(4)22-31(41)37-26/h6-7,9-10,12-15,24,26,29H,8,11,16-23H2,1-5H3,(H,36,45)(H,37,41)(H,38,44)/t26-,29-/m0/s1. The van der Waals surface area contributed by atoms with Gasteiger partial charge in [0.25, 0.3) is 5.91 Å². The number of fused-ring (bicyclic) bond motifs is 1. The first kappa shape index (κ1) is 36.9. The minimum atomic E-state index is -0.988. The first-order chi connectivity index (χ1) is 22.5. The lowest BCUT2D eigenvalue weighted by Crippen LogP contribution is -2.48. The van der Waals surface area contributed by atoms with Crippen molar-refractivity contribution in [3.05, 3.63) is 59.7 Å². The summed E-state index contributed by atoms with van der Waals surface area (Å²) in [5.74, 6) is -0.377. The second-order valence-electron chi connectivity index (χ2n) is 12.3. The van der Waals surface area contributed by atoms with Crippen molar-refractivity contribution in [2.24, 2.45) is 5.92 Å². The van der Waals surface area contributed by atoms with Gasteiger partial charge in [0, 0.05) is 40.0 Å². The van der Waals surface area contributed by atoms with Crippen molar-refractivity contribution in [1.29, 1.82) is 0 Å². The van der Waals surface area contributed by atoms with Gasteiger partial charge in [-0.3, -0.25) is 24.0 Å². The molecule has 0 bridgehead atoms. The fourth-order valence-electron chi connectivity index (χ4n) is 5.28. The third-order valence-corrected chi connectivity index (χ3v) is 7.95. The third kappa shape index (κ3) is 12.3. The quantitative estimate of drug-likeness (QED) is 0.417. The van der Waals surface area contributed by atoms with Gasteiger partial charge in [0.2, 0.25) is 23.6 Å². The number of carbonyl (C=O) groups excluding carboxylic acids is 5. The molecule has 1 heterocycles. The van der Waals surface area contributed by atoms with Crippen LogP contribution in [0.1, 0.15) is 61.9 Å². The summed E-state index contributed by atoms with van der Waals surface area (Å²) in [4.78, 5) is 68.4. The number of amides is 5. The number of nitrogens with zero attached hydrogens (tertiary/aromatic N) is 2. The molecule has 0 unspecified atom stereocenters. The number of para-hydroxylation sites is 1. The van der Waals surface area contributed by atoms with Gasteiger partial charge in [0.05, 0.1) is 25.3 Å². The van der Waals surface area contributed by atoms with Gasteiger partial charge >= 0.3 is 0 Å². The summed E-state index contributed by atoms with van der Waals surface area (Å²) in [6, 6.07) is 12.9. The SMILES string of the molecule is COc1ccc(CCNC(=O)[C@@H]2CCC(=O)N(C)CCCC(=O)N(C)CC(=O)N[C@@H](CC(C)C)COc3ccccc3C(=O)N2)cc1. The topological polar surface area (TPSA) is 146 Å². The molecule has 0 radical (unpaired) electrons. The van der Waals surface area contributed by atoms with E-state index in [-0.39, 0.29) is 67.7 Å². The van der Waals surface area contributed by atoms with Crippen LogP contribution in [0.4, 0.5) is 0 Å². The molecule has 3 rings (SSSR count). The van der Waals surface area contributed by atoms with Gasteiger partial charge in [-0.05, 0) is 61.4 Å². The van der Waals surface area contributed by atoms with Crippen LogP contribution in [0.15, 0.2) is 48.5 Å². The maximum absolute atomic E-state index is 13.6. The highest BCUT2D eigenvalue weighted by molar-refractivity contribution is 5.99. The van der Waals surface area contributed by atoms with Gasteiger partial charge in [-0.2, -0.15) is 0 Å². The monoisotopic (exact) mass is 651 g/mol. The molecule has 2 aromatic rings. The molecule has 0 saturated carbocycles. The molecule has 1 aliphatic rings. The zero-order valence-electron chi connectivity index (χ0n) is 28.2. The van der Waals surface area contributed by atoms with E-state index in [9.17, 15) is 24.0 Å². The highest BCUT2D eigenvalue weighted by atomic mass is 16.5. The third-order valence-electron chi connectivity index (χ3n) is 7.95. The first-order valence-electron chi connectivity index (χ1n) is 16.2. The minimum absolute atomic E-state index is 0.0103. The van der Waals surface area contributed by atoms with Crippen molar-refractivity contribution >= 4 is 29.5 Å². The van der Waals surface area contributed by atoms with Crippen LogP contribution >= 0.6 is 0 Å². The normalized spacial score (nSPS) is 19.3. The molecular formula is C35H49N5O7. The average molecular weight is 652 g/mol. The highest BCUT2D eigenvalue weighted by Crippen LogP contribution is 2.20. The van der Waals surface area contributed by atoms with Gasteiger partial charge in [-0.1, -0.05) is 38.1 Å². The Balaban J connectivity index is 1.81. The summed E-state index contributed by atoms with van der Waals surface area (Å²) in [5, 5.41) is 8.68. The van der Waals surface area contributed by atoms with Crippen LogP contribution in [0.5, 0.6) is 11.5 Å². The Labute approximate surface area is 277 Å². The fraction of sp³-hybridized carbons (Fsp3) is 0.514. The summed E-state index contributed by atoms with van der Waals surface area (Å²) in [6.45, 7) is 4.72. The number of rotatable bonds is 7. The Bertz CT molecular complexity index is 1360. The van der Waals surface area contributed by atoms with Crippen LogP contribution < -0.4 is 25.4 Å². The highest BCUT2D eigenvalue weighted by Gasteiger charge is 2.26. The van der Waals surface area contributed by atoms with Gasteiger partial charge in [0.15, 0.2) is 0 Å². The van der Waals surface area contributed by atoms with Gasteiger partial charge in [-0.15, -0.1) is 0 Å². The second-order valence-corrected chi connectivity index (χ2v) is 12.3. The summed E-state index contributed by atoms with van der Waals surface area (Å²) in [5.41, 5.74) is 1.23. The summed E-state index contributed by atoms with van der Waals surface area (Å²) in [7, 11) is 4.81. The molecule has 0 saturated heterocycles. The van der Waals surface area contributed by atoms with Crippen LogP contribution in [-0.2, 0) is 25.6 Å². The van der Waals surface area contributed by atoms with E-state index >= 15 is 0 Å². The molecule has 47 heavy (non-hydrogen) atoms. The van der Waals surface area contributed by atoms with Crippen molar-refractivity contribution in [2.75, 3.05) is 47.4 Å². The summed E-state index contributed by atoms with van der Waals surface area (Å²) >= 11 is 0. The Morgan fingerprint density at radius 1 is 0.979 bits per heavy atom. The van der Waals surface area contributed by atoms with E-state index in [0.29, 0.717) is 38.1 Å². The Kier molecular flexibility index (Phi) is 14.5. The molecule has 2 atom stereocenters. The number of methoxy groups -OCH3 is 1. The predicted molar refractivity (Wildman–Crippen MR) is 178 cm³/mol. The predicted octanol–water partition coefficient (Wildman–Crippen LogP) is 2.55. The van der Waals surface area contributed by atoms with Crippen molar-refractivity contribution in [1.82, 2.24) is 25.8 Å². The van der Waals surface area contributed by atoms with E-state index in [1.807, 2.05) is 38.1 Å². The molecular weight excluding hydrogens is 602 g/mol. The molecule has 2 aromatic carbocycles. The van der Waals surface area contributed by atoms with Crippen LogP contribution in [0.2, 0.25) is 0 Å². The van der Waals surface area contributed by atoms with E-state index in [0.717, 1.165) is 11.3 Å². The maximum Gasteiger partial charge on any atom is 0.255 e. The lowest BCUT2D eigenvalue weighted by atomic mass is 10.0. The molecule has 12 nitrogen and oxygen atoms in total. The molecule has 0 spiro atoms. The van der Waals surface area contributed by atoms with E-state index in [1.165, 1.54) is 9.80 Å². The van der Waals surface area contributed by atoms with E-state index in [4.69, 9.17) is 9.47 Å². The van der Waals surface area contributed by atoms with E-state index < -0.39 is 17.9 Å². The lowest BCUT2D eigenvalue weighted by molar-refractivity contribution is -0.135. The van der Waals surface area contributed by atoms with Gasteiger partial charge < -0.3 is 35.2 Å². The van der Waals surface area contributed by atoms with Gasteiger partial charge in [0.1, 0.15) is 24.1 Å². The number of ether oxygens (including phenoxy) is 2.